The van der Waals surface area contributed by atoms with Crippen LogP contribution >= 0.6 is 11.6 Å². The summed E-state index contributed by atoms with van der Waals surface area (Å²) < 4.78 is 12.4. The van der Waals surface area contributed by atoms with Crippen molar-refractivity contribution in [1.82, 2.24) is 10.6 Å². The van der Waals surface area contributed by atoms with Crippen molar-refractivity contribution in [3.05, 3.63) is 118 Å². The summed E-state index contributed by atoms with van der Waals surface area (Å²) in [5, 5.41) is 6.83. The monoisotopic (exact) mass is 528 g/mol. The number of rotatable bonds is 12. The van der Waals surface area contributed by atoms with Crippen LogP contribution in [0.4, 0.5) is 0 Å². The van der Waals surface area contributed by atoms with Gasteiger partial charge in [0, 0.05) is 43.2 Å². The third-order valence-electron chi connectivity index (χ3n) is 6.24. The lowest BCUT2D eigenvalue weighted by molar-refractivity contribution is -0.118. The van der Waals surface area contributed by atoms with Crippen molar-refractivity contribution in [2.45, 2.75) is 33.6 Å². The molecule has 4 aromatic carbocycles. The summed E-state index contributed by atoms with van der Waals surface area (Å²) in [6.45, 7) is 6.31. The standard InChI is InChI=1S/C32H33ClN2O3/c1-23-28(11-7-13-31(23)26-9-4-3-5-10-26)22-37-30-15-14-27(20-34-16-17-35-24(2)36)32(19-30)38-21-25-8-6-12-29(33)18-25/h3-15,18-19,34H,16-17,20-22H2,1-2H3,(H,35,36). The number of hydrogen-bond acceptors (Lipinski definition) is 4. The molecule has 0 bridgehead atoms. The van der Waals surface area contributed by atoms with Crippen LogP contribution in [0.15, 0.2) is 91.0 Å². The van der Waals surface area contributed by atoms with E-state index in [4.69, 9.17) is 21.1 Å². The largest absolute Gasteiger partial charge is 0.489 e. The van der Waals surface area contributed by atoms with Gasteiger partial charge in [0.2, 0.25) is 5.91 Å². The van der Waals surface area contributed by atoms with Crippen LogP contribution in [0.25, 0.3) is 11.1 Å². The highest BCUT2D eigenvalue weighted by molar-refractivity contribution is 6.30. The molecule has 0 saturated carbocycles. The molecule has 0 aromatic heterocycles. The molecule has 0 aliphatic heterocycles. The minimum absolute atomic E-state index is 0.0385. The maximum absolute atomic E-state index is 11.1. The predicted molar refractivity (Wildman–Crippen MR) is 154 cm³/mol. The normalized spacial score (nSPS) is 10.7. The molecule has 0 aliphatic carbocycles. The molecule has 38 heavy (non-hydrogen) atoms. The first-order valence-corrected chi connectivity index (χ1v) is 13.1. The zero-order valence-electron chi connectivity index (χ0n) is 21.8. The first-order valence-electron chi connectivity index (χ1n) is 12.7. The van der Waals surface area contributed by atoms with E-state index >= 15 is 0 Å². The lowest BCUT2D eigenvalue weighted by atomic mass is 9.97. The Hall–Kier alpha value is -3.80. The number of ether oxygens (including phenoxy) is 2. The van der Waals surface area contributed by atoms with Crippen LogP contribution < -0.4 is 20.1 Å². The molecule has 6 heteroatoms. The maximum Gasteiger partial charge on any atom is 0.216 e. The molecular weight excluding hydrogens is 496 g/mol. The summed E-state index contributed by atoms with van der Waals surface area (Å²) in [6, 6.07) is 30.3. The van der Waals surface area contributed by atoms with Crippen molar-refractivity contribution in [1.29, 1.82) is 0 Å². The second-order valence-corrected chi connectivity index (χ2v) is 9.53. The van der Waals surface area contributed by atoms with Crippen molar-refractivity contribution in [2.75, 3.05) is 13.1 Å². The van der Waals surface area contributed by atoms with Gasteiger partial charge in [0.05, 0.1) is 0 Å². The average molecular weight is 529 g/mol. The Morgan fingerprint density at radius 3 is 2.42 bits per heavy atom. The van der Waals surface area contributed by atoms with Gasteiger partial charge in [0.15, 0.2) is 0 Å². The zero-order valence-corrected chi connectivity index (χ0v) is 22.6. The van der Waals surface area contributed by atoms with Crippen LogP contribution in [0.2, 0.25) is 5.02 Å². The summed E-state index contributed by atoms with van der Waals surface area (Å²) >= 11 is 6.15. The summed E-state index contributed by atoms with van der Waals surface area (Å²) in [6.07, 6.45) is 0. The number of nitrogens with one attached hydrogen (secondary N) is 2. The molecule has 0 aliphatic rings. The number of halogens is 1. The molecule has 0 heterocycles. The van der Waals surface area contributed by atoms with Crippen molar-refractivity contribution in [2.24, 2.45) is 0 Å². The van der Waals surface area contributed by atoms with Crippen LogP contribution in [0.5, 0.6) is 11.5 Å². The molecule has 0 unspecified atom stereocenters. The third kappa shape index (κ3) is 7.85. The predicted octanol–water partition coefficient (Wildman–Crippen LogP) is 6.70. The Morgan fingerprint density at radius 1 is 0.816 bits per heavy atom. The first kappa shape index (κ1) is 27.2. The van der Waals surface area contributed by atoms with Crippen LogP contribution in [0.3, 0.4) is 0 Å². The van der Waals surface area contributed by atoms with Gasteiger partial charge in [-0.25, -0.2) is 0 Å². The smallest absolute Gasteiger partial charge is 0.216 e. The van der Waals surface area contributed by atoms with E-state index in [1.54, 1.807) is 0 Å². The highest BCUT2D eigenvalue weighted by Crippen LogP contribution is 2.29. The quantitative estimate of drug-likeness (QED) is 0.201. The van der Waals surface area contributed by atoms with Gasteiger partial charge in [-0.2, -0.15) is 0 Å². The van der Waals surface area contributed by atoms with Crippen LogP contribution in [0, 0.1) is 6.92 Å². The highest BCUT2D eigenvalue weighted by Gasteiger charge is 2.10. The van der Waals surface area contributed by atoms with Crippen molar-refractivity contribution in [3.8, 4) is 22.6 Å². The summed E-state index contributed by atoms with van der Waals surface area (Å²) in [7, 11) is 0. The number of hydrogen-bond donors (Lipinski definition) is 2. The third-order valence-corrected chi connectivity index (χ3v) is 6.47. The minimum atomic E-state index is -0.0385. The molecule has 5 nitrogen and oxygen atoms in total. The van der Waals surface area contributed by atoms with E-state index < -0.39 is 0 Å². The SMILES string of the molecule is CC(=O)NCCNCc1ccc(OCc2cccc(-c3ccccc3)c2C)cc1OCc1cccc(Cl)c1. The summed E-state index contributed by atoms with van der Waals surface area (Å²) in [4.78, 5) is 11.1. The van der Waals surface area contributed by atoms with E-state index in [9.17, 15) is 4.79 Å². The lowest BCUT2D eigenvalue weighted by Gasteiger charge is -2.16. The Balaban J connectivity index is 1.47. The maximum atomic E-state index is 11.1. The molecule has 0 atom stereocenters. The van der Waals surface area contributed by atoms with Crippen LogP contribution in [-0.4, -0.2) is 19.0 Å². The van der Waals surface area contributed by atoms with Crippen LogP contribution in [-0.2, 0) is 24.6 Å². The Kier molecular flexibility index (Phi) is 9.79. The Morgan fingerprint density at radius 2 is 1.63 bits per heavy atom. The summed E-state index contributed by atoms with van der Waals surface area (Å²) in [5.41, 5.74) is 6.73. The Labute approximate surface area is 229 Å². The molecule has 4 rings (SSSR count). The molecule has 0 saturated heterocycles. The molecule has 2 N–H and O–H groups in total. The van der Waals surface area contributed by atoms with E-state index in [0.717, 1.165) is 28.2 Å². The van der Waals surface area contributed by atoms with Gasteiger partial charge in [0.1, 0.15) is 24.7 Å². The van der Waals surface area contributed by atoms with E-state index in [1.807, 2.05) is 48.5 Å². The molecule has 196 valence electrons. The molecule has 1 amide bonds. The minimum Gasteiger partial charge on any atom is -0.489 e. The van der Waals surface area contributed by atoms with Gasteiger partial charge in [-0.05, 0) is 52.9 Å². The van der Waals surface area contributed by atoms with E-state index in [-0.39, 0.29) is 5.91 Å². The van der Waals surface area contributed by atoms with E-state index in [1.165, 1.54) is 23.6 Å². The molecule has 0 spiro atoms. The van der Waals surface area contributed by atoms with Gasteiger partial charge in [-0.15, -0.1) is 0 Å². The molecule has 0 fully saturated rings. The van der Waals surface area contributed by atoms with Crippen molar-refractivity contribution < 1.29 is 14.3 Å². The fourth-order valence-corrected chi connectivity index (χ4v) is 4.39. The first-order chi connectivity index (χ1) is 18.5. The van der Waals surface area contributed by atoms with Gasteiger partial charge in [-0.3, -0.25) is 4.79 Å². The van der Waals surface area contributed by atoms with E-state index in [2.05, 4.69) is 60.0 Å². The van der Waals surface area contributed by atoms with Gasteiger partial charge >= 0.3 is 0 Å². The molecule has 4 aromatic rings. The number of carbonyl (C=O) groups excluding carboxylic acids is 1. The van der Waals surface area contributed by atoms with E-state index in [0.29, 0.717) is 37.9 Å². The van der Waals surface area contributed by atoms with Gasteiger partial charge in [-0.1, -0.05) is 78.3 Å². The molecular formula is C32H33ClN2O3. The lowest BCUT2D eigenvalue weighted by Crippen LogP contribution is -2.30. The Bertz CT molecular complexity index is 1360. The van der Waals surface area contributed by atoms with Crippen molar-refractivity contribution in [3.63, 3.8) is 0 Å². The summed E-state index contributed by atoms with van der Waals surface area (Å²) in [5.74, 6) is 1.44. The fraction of sp³-hybridized carbons (Fsp3) is 0.219. The number of benzene rings is 4. The topological polar surface area (TPSA) is 59.6 Å². The van der Waals surface area contributed by atoms with Gasteiger partial charge in [0.25, 0.3) is 0 Å². The van der Waals surface area contributed by atoms with Crippen molar-refractivity contribution >= 4 is 17.5 Å². The number of amides is 1. The second kappa shape index (κ2) is 13.7. The average Bonchev–Trinajstić information content (AvgIpc) is 2.92. The number of carbonyl (C=O) groups is 1. The molecule has 0 radical (unpaired) electrons. The highest BCUT2D eigenvalue weighted by atomic mass is 35.5. The fourth-order valence-electron chi connectivity index (χ4n) is 4.17. The zero-order chi connectivity index (χ0) is 26.7. The van der Waals surface area contributed by atoms with Crippen LogP contribution in [0.1, 0.15) is 29.2 Å². The second-order valence-electron chi connectivity index (χ2n) is 9.09. The van der Waals surface area contributed by atoms with Gasteiger partial charge < -0.3 is 20.1 Å².